The molecule has 0 fully saturated rings. The van der Waals surface area contributed by atoms with E-state index in [2.05, 4.69) is 10.3 Å². The largest absolute Gasteiger partial charge is 0.354 e. The summed E-state index contributed by atoms with van der Waals surface area (Å²) < 4.78 is 9.87. The molecule has 1 aromatic heterocycles. The van der Waals surface area contributed by atoms with E-state index in [1.165, 1.54) is 25.6 Å². The van der Waals surface area contributed by atoms with Crippen LogP contribution in [0.15, 0.2) is 5.38 Å². The highest BCUT2D eigenvalue weighted by Gasteiger charge is 2.12. The summed E-state index contributed by atoms with van der Waals surface area (Å²) in [5.41, 5.74) is 5.78. The van der Waals surface area contributed by atoms with Crippen molar-refractivity contribution in [3.05, 3.63) is 16.1 Å². The zero-order valence-corrected chi connectivity index (χ0v) is 10.0. The Kier molecular flexibility index (Phi) is 5.33. The molecule has 0 saturated heterocycles. The molecule has 1 aromatic rings. The number of nitrogens with one attached hydrogen (secondary N) is 1. The number of hydrogen-bond acceptors (Lipinski definition) is 6. The molecule has 0 aliphatic heterocycles. The van der Waals surface area contributed by atoms with E-state index in [4.69, 9.17) is 15.2 Å². The number of aromatic nitrogens is 1. The van der Waals surface area contributed by atoms with Crippen LogP contribution in [-0.2, 0) is 16.0 Å². The van der Waals surface area contributed by atoms with Crippen LogP contribution >= 0.6 is 11.3 Å². The molecule has 1 heterocycles. The number of nitrogens with zero attached hydrogens (tertiary/aromatic N) is 1. The molecule has 1 rings (SSSR count). The Bertz CT molecular complexity index is 338. The first kappa shape index (κ1) is 13.0. The first-order valence-electron chi connectivity index (χ1n) is 4.69. The molecule has 0 aliphatic rings. The molecule has 1 amide bonds. The highest BCUT2D eigenvalue weighted by Crippen LogP contribution is 2.08. The van der Waals surface area contributed by atoms with E-state index >= 15 is 0 Å². The summed E-state index contributed by atoms with van der Waals surface area (Å²) in [6.07, 6.45) is -0.448. The van der Waals surface area contributed by atoms with Crippen LogP contribution < -0.4 is 11.1 Å². The van der Waals surface area contributed by atoms with Crippen molar-refractivity contribution in [3.8, 4) is 0 Å². The van der Waals surface area contributed by atoms with Crippen molar-refractivity contribution in [1.82, 2.24) is 10.3 Å². The Labute approximate surface area is 97.8 Å². The van der Waals surface area contributed by atoms with E-state index in [1.807, 2.05) is 0 Å². The number of thiazole rings is 1. The number of nitrogens with two attached hydrogens (primary N) is 1. The van der Waals surface area contributed by atoms with Gasteiger partial charge in [0.2, 0.25) is 0 Å². The van der Waals surface area contributed by atoms with E-state index in [0.717, 1.165) is 5.01 Å². The summed E-state index contributed by atoms with van der Waals surface area (Å²) in [6.45, 7) is 0.623. The highest BCUT2D eigenvalue weighted by atomic mass is 32.1. The second-order valence-corrected chi connectivity index (χ2v) is 3.88. The Hall–Kier alpha value is -1.02. The number of methoxy groups -OCH3 is 2. The van der Waals surface area contributed by atoms with E-state index in [0.29, 0.717) is 12.2 Å². The summed E-state index contributed by atoms with van der Waals surface area (Å²) in [5.74, 6) is -0.255. The molecule has 0 aliphatic carbocycles. The SMILES string of the molecule is COC(CNC(=O)c1csc(CN)n1)OC. The van der Waals surface area contributed by atoms with Crippen LogP contribution in [0.5, 0.6) is 0 Å². The zero-order valence-electron chi connectivity index (χ0n) is 9.23. The van der Waals surface area contributed by atoms with Gasteiger partial charge in [0.15, 0.2) is 6.29 Å². The van der Waals surface area contributed by atoms with Crippen LogP contribution in [0.4, 0.5) is 0 Å². The number of ether oxygens (including phenoxy) is 2. The third-order valence-electron chi connectivity index (χ3n) is 1.91. The van der Waals surface area contributed by atoms with E-state index in [-0.39, 0.29) is 12.5 Å². The molecule has 0 bridgehead atoms. The molecule has 0 atom stereocenters. The zero-order chi connectivity index (χ0) is 12.0. The molecular formula is C9H15N3O3S. The molecule has 7 heteroatoms. The number of rotatable bonds is 6. The van der Waals surface area contributed by atoms with Gasteiger partial charge in [-0.25, -0.2) is 4.98 Å². The summed E-state index contributed by atoms with van der Waals surface area (Å²) >= 11 is 1.36. The lowest BCUT2D eigenvalue weighted by atomic mass is 10.4. The van der Waals surface area contributed by atoms with E-state index < -0.39 is 6.29 Å². The van der Waals surface area contributed by atoms with Gasteiger partial charge in [-0.2, -0.15) is 0 Å². The van der Waals surface area contributed by atoms with Crippen LogP contribution in [0.1, 0.15) is 15.5 Å². The summed E-state index contributed by atoms with van der Waals surface area (Å²) in [6, 6.07) is 0. The number of carbonyl (C=O) groups is 1. The predicted octanol–water partition coefficient (Wildman–Crippen LogP) is -0.0495. The van der Waals surface area contributed by atoms with Crippen molar-refractivity contribution in [1.29, 1.82) is 0 Å². The van der Waals surface area contributed by atoms with Crippen LogP contribution in [-0.4, -0.2) is 37.9 Å². The van der Waals surface area contributed by atoms with Crippen molar-refractivity contribution in [2.45, 2.75) is 12.8 Å². The lowest BCUT2D eigenvalue weighted by molar-refractivity contribution is -0.0974. The van der Waals surface area contributed by atoms with Crippen molar-refractivity contribution in [2.75, 3.05) is 20.8 Å². The van der Waals surface area contributed by atoms with Gasteiger partial charge < -0.3 is 20.5 Å². The minimum absolute atomic E-state index is 0.255. The Morgan fingerprint density at radius 3 is 2.81 bits per heavy atom. The third-order valence-corrected chi connectivity index (χ3v) is 2.79. The average Bonchev–Trinajstić information content (AvgIpc) is 2.78. The van der Waals surface area contributed by atoms with Crippen LogP contribution in [0, 0.1) is 0 Å². The van der Waals surface area contributed by atoms with Gasteiger partial charge in [-0.3, -0.25) is 4.79 Å². The van der Waals surface area contributed by atoms with Crippen LogP contribution in [0.3, 0.4) is 0 Å². The average molecular weight is 245 g/mol. The smallest absolute Gasteiger partial charge is 0.270 e. The maximum atomic E-state index is 11.6. The molecule has 6 nitrogen and oxygen atoms in total. The van der Waals surface area contributed by atoms with Gasteiger partial charge in [-0.15, -0.1) is 11.3 Å². The molecular weight excluding hydrogens is 230 g/mol. The maximum Gasteiger partial charge on any atom is 0.270 e. The molecule has 90 valence electrons. The van der Waals surface area contributed by atoms with Gasteiger partial charge in [0.25, 0.3) is 5.91 Å². The minimum Gasteiger partial charge on any atom is -0.354 e. The van der Waals surface area contributed by atoms with Gasteiger partial charge >= 0.3 is 0 Å². The topological polar surface area (TPSA) is 86.5 Å². The first-order chi connectivity index (χ1) is 7.71. The van der Waals surface area contributed by atoms with Gasteiger partial charge in [0.1, 0.15) is 10.7 Å². The molecule has 0 aromatic carbocycles. The standard InChI is InChI=1S/C9H15N3O3S/c1-14-8(15-2)4-11-9(13)6-5-16-7(3-10)12-6/h5,8H,3-4,10H2,1-2H3,(H,11,13). The van der Waals surface area contributed by atoms with E-state index in [9.17, 15) is 4.79 Å². The lowest BCUT2D eigenvalue weighted by Gasteiger charge is -2.13. The molecule has 3 N–H and O–H groups in total. The van der Waals surface area contributed by atoms with Gasteiger partial charge in [0.05, 0.1) is 6.54 Å². The molecule has 0 saturated carbocycles. The van der Waals surface area contributed by atoms with Crippen molar-refractivity contribution in [3.63, 3.8) is 0 Å². The molecule has 0 spiro atoms. The Balaban J connectivity index is 2.46. The Morgan fingerprint density at radius 1 is 1.62 bits per heavy atom. The van der Waals surface area contributed by atoms with Gasteiger partial charge in [-0.05, 0) is 0 Å². The Morgan fingerprint density at radius 2 is 2.31 bits per heavy atom. The van der Waals surface area contributed by atoms with Gasteiger partial charge in [0, 0.05) is 26.1 Å². The predicted molar refractivity (Wildman–Crippen MR) is 60.1 cm³/mol. The fourth-order valence-electron chi connectivity index (χ4n) is 1.04. The second-order valence-electron chi connectivity index (χ2n) is 2.94. The van der Waals surface area contributed by atoms with Gasteiger partial charge in [-0.1, -0.05) is 0 Å². The summed E-state index contributed by atoms with van der Waals surface area (Å²) in [5, 5.41) is 5.06. The second kappa shape index (κ2) is 6.54. The fourth-order valence-corrected chi connectivity index (χ4v) is 1.69. The maximum absolute atomic E-state index is 11.6. The minimum atomic E-state index is -0.448. The fraction of sp³-hybridized carbons (Fsp3) is 0.556. The van der Waals surface area contributed by atoms with E-state index in [1.54, 1.807) is 5.38 Å². The third kappa shape index (κ3) is 3.53. The summed E-state index contributed by atoms with van der Waals surface area (Å²) in [7, 11) is 3.02. The van der Waals surface area contributed by atoms with Crippen LogP contribution in [0.2, 0.25) is 0 Å². The number of carbonyl (C=O) groups excluding carboxylic acids is 1. The molecule has 0 unspecified atom stereocenters. The quantitative estimate of drug-likeness (QED) is 0.686. The first-order valence-corrected chi connectivity index (χ1v) is 5.57. The number of hydrogen-bond donors (Lipinski definition) is 2. The summed E-state index contributed by atoms with van der Waals surface area (Å²) in [4.78, 5) is 15.6. The molecule has 16 heavy (non-hydrogen) atoms. The number of amides is 1. The van der Waals surface area contributed by atoms with Crippen molar-refractivity contribution < 1.29 is 14.3 Å². The van der Waals surface area contributed by atoms with Crippen molar-refractivity contribution >= 4 is 17.2 Å². The lowest BCUT2D eigenvalue weighted by Crippen LogP contribution is -2.34. The molecule has 0 radical (unpaired) electrons. The monoisotopic (exact) mass is 245 g/mol. The van der Waals surface area contributed by atoms with Crippen molar-refractivity contribution in [2.24, 2.45) is 5.73 Å². The highest BCUT2D eigenvalue weighted by molar-refractivity contribution is 7.09. The van der Waals surface area contributed by atoms with Crippen LogP contribution in [0.25, 0.3) is 0 Å². The normalized spacial score (nSPS) is 10.8.